The Morgan fingerprint density at radius 1 is 1.06 bits per heavy atom. The minimum atomic E-state index is -4.48. The first-order valence-corrected chi connectivity index (χ1v) is 11.4. The third kappa shape index (κ3) is 8.50. The number of alkyl halides is 6. The first-order valence-electron chi connectivity index (χ1n) is 11.4. The molecule has 0 aliphatic heterocycles. The van der Waals surface area contributed by atoms with Crippen molar-refractivity contribution >= 4 is 5.97 Å². The van der Waals surface area contributed by atoms with Gasteiger partial charge >= 0.3 is 18.3 Å². The van der Waals surface area contributed by atoms with E-state index in [1.165, 1.54) is 19.2 Å². The highest BCUT2D eigenvalue weighted by atomic mass is 19.4. The maximum Gasteiger partial charge on any atom is 0.416 e. The lowest BCUT2D eigenvalue weighted by Crippen LogP contribution is -2.46. The lowest BCUT2D eigenvalue weighted by Gasteiger charge is -2.44. The molecule has 0 bridgehead atoms. The molecule has 0 N–H and O–H groups in total. The number of rotatable bonds is 9. The van der Waals surface area contributed by atoms with Crippen molar-refractivity contribution in [3.63, 3.8) is 0 Å². The van der Waals surface area contributed by atoms with Crippen molar-refractivity contribution in [3.8, 4) is 0 Å². The van der Waals surface area contributed by atoms with Crippen LogP contribution in [0.4, 0.5) is 26.3 Å². The molecular formula is C24H33F6NO2. The van der Waals surface area contributed by atoms with Gasteiger partial charge in [-0.1, -0.05) is 32.4 Å². The fourth-order valence-corrected chi connectivity index (χ4v) is 4.73. The number of hydrogen-bond donors (Lipinski definition) is 0. The van der Waals surface area contributed by atoms with Crippen molar-refractivity contribution in [2.75, 3.05) is 20.2 Å². The molecule has 2 rings (SSSR count). The summed E-state index contributed by atoms with van der Waals surface area (Å²) in [4.78, 5) is 13.9. The number of carbonyl (C=O) groups excluding carboxylic acids is 1. The second-order valence-corrected chi connectivity index (χ2v) is 9.27. The molecule has 3 atom stereocenters. The van der Waals surface area contributed by atoms with E-state index in [1.54, 1.807) is 0 Å². The molecule has 1 aliphatic rings. The third-order valence-corrected chi connectivity index (χ3v) is 6.42. The van der Waals surface area contributed by atoms with Gasteiger partial charge in [-0.2, -0.15) is 26.3 Å². The van der Waals surface area contributed by atoms with Crippen LogP contribution in [-0.2, 0) is 15.7 Å². The molecule has 188 valence electrons. The van der Waals surface area contributed by atoms with E-state index in [-0.39, 0.29) is 36.8 Å². The normalized spacial score (nSPS) is 22.1. The van der Waals surface area contributed by atoms with Crippen molar-refractivity contribution in [1.82, 2.24) is 4.90 Å². The molecule has 1 aliphatic carbocycles. The average molecular weight is 482 g/mol. The first-order chi connectivity index (χ1) is 15.3. The number of hydrogen-bond acceptors (Lipinski definition) is 3. The van der Waals surface area contributed by atoms with Crippen LogP contribution in [0.15, 0.2) is 24.3 Å². The molecule has 0 aromatic heterocycles. The first kappa shape index (κ1) is 27.5. The highest BCUT2D eigenvalue weighted by Crippen LogP contribution is 2.43. The van der Waals surface area contributed by atoms with Crippen molar-refractivity contribution in [2.24, 2.45) is 11.8 Å². The predicted octanol–water partition coefficient (Wildman–Crippen LogP) is 6.82. The minimum absolute atomic E-state index is 0.0793. The van der Waals surface area contributed by atoms with Crippen molar-refractivity contribution in [3.05, 3.63) is 35.4 Å². The summed E-state index contributed by atoms with van der Waals surface area (Å²) in [6, 6.07) is 4.52. The molecule has 1 fully saturated rings. The number of methoxy groups -OCH3 is 1. The van der Waals surface area contributed by atoms with E-state index in [9.17, 15) is 31.1 Å². The van der Waals surface area contributed by atoms with E-state index in [0.717, 1.165) is 18.6 Å². The van der Waals surface area contributed by atoms with Gasteiger partial charge in [-0.3, -0.25) is 9.69 Å². The Hall–Kier alpha value is -1.77. The number of nitrogens with zero attached hydrogens (tertiary/aromatic N) is 1. The molecule has 1 aromatic carbocycles. The van der Waals surface area contributed by atoms with Gasteiger partial charge in [0.05, 0.1) is 19.1 Å². The van der Waals surface area contributed by atoms with Gasteiger partial charge in [0, 0.05) is 24.9 Å². The summed E-state index contributed by atoms with van der Waals surface area (Å²) in [5.74, 6) is -0.722. The smallest absolute Gasteiger partial charge is 0.416 e. The zero-order chi connectivity index (χ0) is 24.8. The van der Waals surface area contributed by atoms with E-state index >= 15 is 0 Å². The van der Waals surface area contributed by atoms with Crippen LogP contribution in [0.2, 0.25) is 0 Å². The van der Waals surface area contributed by atoms with Crippen LogP contribution in [0.1, 0.15) is 69.4 Å². The van der Waals surface area contributed by atoms with E-state index in [2.05, 4.69) is 0 Å². The molecule has 33 heavy (non-hydrogen) atoms. The Morgan fingerprint density at radius 3 is 2.21 bits per heavy atom. The van der Waals surface area contributed by atoms with Gasteiger partial charge in [0.25, 0.3) is 0 Å². The monoisotopic (exact) mass is 481 g/mol. The van der Waals surface area contributed by atoms with Crippen molar-refractivity contribution in [2.45, 2.75) is 76.7 Å². The zero-order valence-electron chi connectivity index (χ0n) is 19.3. The Balaban J connectivity index is 2.41. The Labute approximate surface area is 191 Å². The number of carbonyl (C=O) groups is 1. The predicted molar refractivity (Wildman–Crippen MR) is 114 cm³/mol. The van der Waals surface area contributed by atoms with E-state index < -0.39 is 30.3 Å². The molecule has 0 saturated heterocycles. The molecule has 1 saturated carbocycles. The Kier molecular flexibility index (Phi) is 9.64. The fraction of sp³-hybridized carbons (Fsp3) is 0.708. The average Bonchev–Trinajstić information content (AvgIpc) is 2.72. The maximum atomic E-state index is 13.1. The van der Waals surface area contributed by atoms with E-state index in [1.807, 2.05) is 18.7 Å². The molecule has 0 spiro atoms. The largest absolute Gasteiger partial charge is 0.469 e. The fourth-order valence-electron chi connectivity index (χ4n) is 4.73. The number of halogens is 6. The van der Waals surface area contributed by atoms with Gasteiger partial charge in [-0.15, -0.1) is 0 Å². The van der Waals surface area contributed by atoms with Gasteiger partial charge in [0.1, 0.15) is 0 Å². The minimum Gasteiger partial charge on any atom is -0.469 e. The summed E-state index contributed by atoms with van der Waals surface area (Å²) in [5.41, 5.74) is -0.167. The molecule has 9 heteroatoms. The molecule has 0 unspecified atom stereocenters. The van der Waals surface area contributed by atoms with E-state index in [4.69, 9.17) is 4.74 Å². The van der Waals surface area contributed by atoms with Crippen LogP contribution in [0.25, 0.3) is 0 Å². The van der Waals surface area contributed by atoms with Gasteiger partial charge in [0.2, 0.25) is 0 Å². The SMILES string of the molecule is COC(=O)C[C@H]1CCC[C@@H](N(CCC(C)C)CCC(F)(F)F)[C@@H]1c1ccc(C(F)(F)F)cc1. The van der Waals surface area contributed by atoms with Crippen molar-refractivity contribution < 1.29 is 35.9 Å². The summed E-state index contributed by atoms with van der Waals surface area (Å²) >= 11 is 0. The third-order valence-electron chi connectivity index (χ3n) is 6.42. The molecule has 0 radical (unpaired) electrons. The number of ether oxygens (including phenoxy) is 1. The van der Waals surface area contributed by atoms with Crippen molar-refractivity contribution in [1.29, 1.82) is 0 Å². The second-order valence-electron chi connectivity index (χ2n) is 9.27. The summed E-state index contributed by atoms with van der Waals surface area (Å²) in [6.07, 6.45) is -6.94. The van der Waals surface area contributed by atoms with Crippen LogP contribution < -0.4 is 0 Å². The summed E-state index contributed by atoms with van der Waals surface area (Å²) in [5, 5.41) is 0. The Bertz CT molecular complexity index is 745. The lowest BCUT2D eigenvalue weighted by atomic mass is 9.70. The van der Waals surface area contributed by atoms with Gasteiger partial charge < -0.3 is 4.74 Å². The topological polar surface area (TPSA) is 29.5 Å². The maximum absolute atomic E-state index is 13.1. The molecule has 1 aromatic rings. The number of esters is 1. The lowest BCUT2D eigenvalue weighted by molar-refractivity contribution is -0.142. The highest BCUT2D eigenvalue weighted by molar-refractivity contribution is 5.69. The molecule has 3 nitrogen and oxygen atoms in total. The summed E-state index contributed by atoms with van der Waals surface area (Å²) < 4.78 is 83.2. The van der Waals surface area contributed by atoms with E-state index in [0.29, 0.717) is 31.4 Å². The van der Waals surface area contributed by atoms with Crippen LogP contribution in [0, 0.1) is 11.8 Å². The number of benzene rings is 1. The van der Waals surface area contributed by atoms with Crippen LogP contribution in [0.5, 0.6) is 0 Å². The summed E-state index contributed by atoms with van der Waals surface area (Å²) in [6.45, 7) is 4.27. The van der Waals surface area contributed by atoms with Crippen LogP contribution >= 0.6 is 0 Å². The van der Waals surface area contributed by atoms with Gasteiger partial charge in [-0.25, -0.2) is 0 Å². The molecular weight excluding hydrogens is 448 g/mol. The molecule has 0 amide bonds. The zero-order valence-corrected chi connectivity index (χ0v) is 19.3. The standard InChI is InChI=1S/C24H33F6NO2/c1-16(2)11-13-31(14-12-23(25,26)27)20-6-4-5-18(15-21(32)33-3)22(20)17-7-9-19(10-8-17)24(28,29)30/h7-10,16,18,20,22H,4-6,11-15H2,1-3H3/t18-,20-,22-/m1/s1. The van der Waals surface area contributed by atoms with Gasteiger partial charge in [-0.05, 0) is 55.3 Å². The van der Waals surface area contributed by atoms with Crippen LogP contribution in [-0.4, -0.2) is 43.3 Å². The van der Waals surface area contributed by atoms with Gasteiger partial charge in [0.15, 0.2) is 0 Å². The second kappa shape index (κ2) is 11.6. The highest BCUT2D eigenvalue weighted by Gasteiger charge is 2.40. The van der Waals surface area contributed by atoms with Crippen LogP contribution in [0.3, 0.4) is 0 Å². The Morgan fingerprint density at radius 2 is 1.70 bits per heavy atom. The summed E-state index contributed by atoms with van der Waals surface area (Å²) in [7, 11) is 1.27. The molecule has 0 heterocycles. The quantitative estimate of drug-likeness (QED) is 0.286.